The molecule has 1 atom stereocenters. The summed E-state index contributed by atoms with van der Waals surface area (Å²) in [6, 6.07) is 13.5. The summed E-state index contributed by atoms with van der Waals surface area (Å²) in [4.78, 5) is 26.7. The lowest BCUT2D eigenvalue weighted by atomic mass is 9.93. The van der Waals surface area contributed by atoms with Gasteiger partial charge >= 0.3 is 0 Å². The van der Waals surface area contributed by atoms with Gasteiger partial charge in [0.25, 0.3) is 0 Å². The maximum absolute atomic E-state index is 13.0. The summed E-state index contributed by atoms with van der Waals surface area (Å²) in [5, 5.41) is 2.80. The van der Waals surface area contributed by atoms with E-state index in [9.17, 15) is 18.0 Å². The van der Waals surface area contributed by atoms with Crippen molar-refractivity contribution in [2.45, 2.75) is 62.0 Å². The minimum Gasteiger partial charge on any atom is -0.368 e. The van der Waals surface area contributed by atoms with Gasteiger partial charge in [-0.25, -0.2) is 8.42 Å². The molecule has 1 aliphatic carbocycles. The van der Waals surface area contributed by atoms with E-state index in [4.69, 9.17) is 5.73 Å². The van der Waals surface area contributed by atoms with Crippen LogP contribution < -0.4 is 11.1 Å². The van der Waals surface area contributed by atoms with Crippen LogP contribution in [-0.2, 0) is 32.6 Å². The van der Waals surface area contributed by atoms with Crippen LogP contribution in [0.1, 0.15) is 43.2 Å². The molecule has 1 heterocycles. The van der Waals surface area contributed by atoms with Crippen molar-refractivity contribution in [3.63, 3.8) is 0 Å². The Morgan fingerprint density at radius 1 is 1.03 bits per heavy atom. The average molecular weight is 485 g/mol. The average Bonchev–Trinajstić information content (AvgIpc) is 2.83. The number of nitrogens with zero attached hydrogens (tertiary/aromatic N) is 2. The summed E-state index contributed by atoms with van der Waals surface area (Å²) in [6.07, 6.45) is 5.50. The zero-order valence-corrected chi connectivity index (χ0v) is 20.3. The van der Waals surface area contributed by atoms with Gasteiger partial charge in [0.15, 0.2) is 0 Å². The molecule has 182 valence electrons. The largest absolute Gasteiger partial charge is 0.368 e. The first kappa shape index (κ1) is 24.4. The molecule has 9 heteroatoms. The van der Waals surface area contributed by atoms with Crippen molar-refractivity contribution in [1.82, 2.24) is 9.21 Å². The number of amides is 2. The van der Waals surface area contributed by atoms with E-state index in [-0.39, 0.29) is 23.4 Å². The monoisotopic (exact) mass is 484 g/mol. The number of benzene rings is 2. The SMILES string of the molecule is CN(C1CCCCC1)S(=O)(=O)c1ccc(NC(=O)CN2Cc3ccccc3C[C@H]2C(N)=O)cc1. The molecule has 2 aromatic carbocycles. The minimum atomic E-state index is -3.59. The molecule has 4 rings (SSSR count). The maximum atomic E-state index is 13.0. The molecule has 2 aromatic rings. The smallest absolute Gasteiger partial charge is 0.243 e. The number of rotatable bonds is 7. The van der Waals surface area contributed by atoms with Crippen LogP contribution in [0.3, 0.4) is 0 Å². The number of nitrogens with one attached hydrogen (secondary N) is 1. The number of hydrogen-bond acceptors (Lipinski definition) is 5. The molecule has 0 aromatic heterocycles. The summed E-state index contributed by atoms with van der Waals surface area (Å²) < 4.78 is 27.5. The first-order valence-electron chi connectivity index (χ1n) is 11.7. The highest BCUT2D eigenvalue weighted by molar-refractivity contribution is 7.89. The second-order valence-corrected chi connectivity index (χ2v) is 11.2. The Balaban J connectivity index is 1.40. The predicted molar refractivity (Wildman–Crippen MR) is 130 cm³/mol. The van der Waals surface area contributed by atoms with Crippen molar-refractivity contribution in [1.29, 1.82) is 0 Å². The molecule has 2 amide bonds. The van der Waals surface area contributed by atoms with Crippen LogP contribution in [0.25, 0.3) is 0 Å². The van der Waals surface area contributed by atoms with E-state index in [0.717, 1.165) is 43.2 Å². The van der Waals surface area contributed by atoms with Crippen molar-refractivity contribution in [2.24, 2.45) is 5.73 Å². The minimum absolute atomic E-state index is 0.00636. The molecule has 0 radical (unpaired) electrons. The topological polar surface area (TPSA) is 113 Å². The van der Waals surface area contributed by atoms with Crippen molar-refractivity contribution >= 4 is 27.5 Å². The van der Waals surface area contributed by atoms with Crippen molar-refractivity contribution in [3.05, 3.63) is 59.7 Å². The zero-order valence-electron chi connectivity index (χ0n) is 19.4. The van der Waals surface area contributed by atoms with Gasteiger partial charge in [0.1, 0.15) is 0 Å². The Bertz CT molecular complexity index is 1140. The van der Waals surface area contributed by atoms with Gasteiger partial charge in [-0.1, -0.05) is 43.5 Å². The molecule has 0 saturated heterocycles. The molecule has 1 aliphatic heterocycles. The Hall–Kier alpha value is -2.75. The molecule has 34 heavy (non-hydrogen) atoms. The van der Waals surface area contributed by atoms with E-state index in [1.165, 1.54) is 16.4 Å². The van der Waals surface area contributed by atoms with Gasteiger partial charge in [-0.15, -0.1) is 0 Å². The second-order valence-electron chi connectivity index (χ2n) is 9.18. The van der Waals surface area contributed by atoms with E-state index in [1.54, 1.807) is 24.1 Å². The number of carbonyl (C=O) groups excluding carboxylic acids is 2. The lowest BCUT2D eigenvalue weighted by Gasteiger charge is -2.34. The number of primary amides is 1. The van der Waals surface area contributed by atoms with Crippen LogP contribution in [0.4, 0.5) is 5.69 Å². The summed E-state index contributed by atoms with van der Waals surface area (Å²) in [7, 11) is -1.94. The Morgan fingerprint density at radius 2 is 1.68 bits per heavy atom. The summed E-state index contributed by atoms with van der Waals surface area (Å²) in [5.41, 5.74) is 8.24. The summed E-state index contributed by atoms with van der Waals surface area (Å²) >= 11 is 0. The van der Waals surface area contributed by atoms with E-state index in [1.807, 2.05) is 24.3 Å². The van der Waals surface area contributed by atoms with Crippen molar-refractivity contribution in [2.75, 3.05) is 18.9 Å². The first-order chi connectivity index (χ1) is 16.3. The predicted octanol–water partition coefficient (Wildman–Crippen LogP) is 2.49. The quantitative estimate of drug-likeness (QED) is 0.627. The third-order valence-corrected chi connectivity index (χ3v) is 8.85. The van der Waals surface area contributed by atoms with E-state index < -0.39 is 22.0 Å². The van der Waals surface area contributed by atoms with Gasteiger partial charge in [-0.05, 0) is 54.7 Å². The van der Waals surface area contributed by atoms with Gasteiger partial charge < -0.3 is 11.1 Å². The van der Waals surface area contributed by atoms with E-state index in [0.29, 0.717) is 18.7 Å². The molecular formula is C25H32N4O4S. The highest BCUT2D eigenvalue weighted by Gasteiger charge is 2.31. The van der Waals surface area contributed by atoms with E-state index >= 15 is 0 Å². The van der Waals surface area contributed by atoms with Gasteiger partial charge in [0.05, 0.1) is 17.5 Å². The van der Waals surface area contributed by atoms with E-state index in [2.05, 4.69) is 5.32 Å². The van der Waals surface area contributed by atoms with Crippen LogP contribution in [-0.4, -0.2) is 55.1 Å². The Labute approximate surface area is 201 Å². The molecule has 8 nitrogen and oxygen atoms in total. The number of fused-ring (bicyclic) bond motifs is 1. The van der Waals surface area contributed by atoms with Crippen molar-refractivity contribution in [3.8, 4) is 0 Å². The number of anilines is 1. The second kappa shape index (κ2) is 10.2. The normalized spacial score (nSPS) is 19.5. The lowest BCUT2D eigenvalue weighted by molar-refractivity contribution is -0.125. The van der Waals surface area contributed by atoms with Crippen LogP contribution in [0.15, 0.2) is 53.4 Å². The highest BCUT2D eigenvalue weighted by Crippen LogP contribution is 2.27. The molecule has 0 bridgehead atoms. The standard InChI is InChI=1S/C25H32N4O4S/c1-28(21-9-3-2-4-10-21)34(32,33)22-13-11-20(12-14-22)27-24(30)17-29-16-19-8-6-5-7-18(19)15-23(29)25(26)31/h5-8,11-14,21,23H,2-4,9-10,15-17H2,1H3,(H2,26,31)(H,27,30)/t23-/m0/s1. The summed E-state index contributed by atoms with van der Waals surface area (Å²) in [5.74, 6) is -0.750. The number of hydrogen-bond donors (Lipinski definition) is 2. The fourth-order valence-corrected chi connectivity index (χ4v) is 6.34. The number of carbonyl (C=O) groups is 2. The number of nitrogens with two attached hydrogens (primary N) is 1. The zero-order chi connectivity index (χ0) is 24.3. The van der Waals surface area contributed by atoms with Gasteiger partial charge in [-0.3, -0.25) is 14.5 Å². The van der Waals surface area contributed by atoms with Gasteiger partial charge in [0, 0.05) is 25.3 Å². The Kier molecular flexibility index (Phi) is 7.35. The first-order valence-corrected chi connectivity index (χ1v) is 13.2. The van der Waals surface area contributed by atoms with Gasteiger partial charge in [0.2, 0.25) is 21.8 Å². The molecule has 0 spiro atoms. The molecule has 1 fully saturated rings. The third-order valence-electron chi connectivity index (χ3n) is 6.92. The van der Waals surface area contributed by atoms with Crippen LogP contribution >= 0.6 is 0 Å². The number of sulfonamides is 1. The molecular weight excluding hydrogens is 452 g/mol. The lowest BCUT2D eigenvalue weighted by Crippen LogP contribution is -2.50. The van der Waals surface area contributed by atoms with Crippen LogP contribution in [0.2, 0.25) is 0 Å². The van der Waals surface area contributed by atoms with Crippen LogP contribution in [0.5, 0.6) is 0 Å². The molecule has 2 aliphatic rings. The molecule has 0 unspecified atom stereocenters. The fraction of sp³-hybridized carbons (Fsp3) is 0.440. The van der Waals surface area contributed by atoms with Gasteiger partial charge in [-0.2, -0.15) is 4.31 Å². The van der Waals surface area contributed by atoms with Crippen LogP contribution in [0, 0.1) is 0 Å². The van der Waals surface area contributed by atoms with Crippen molar-refractivity contribution < 1.29 is 18.0 Å². The fourth-order valence-electron chi connectivity index (χ4n) is 4.93. The Morgan fingerprint density at radius 3 is 2.32 bits per heavy atom. The maximum Gasteiger partial charge on any atom is 0.243 e. The highest BCUT2D eigenvalue weighted by atomic mass is 32.2. The molecule has 1 saturated carbocycles. The third kappa shape index (κ3) is 5.32. The molecule has 3 N–H and O–H groups in total. The summed E-state index contributed by atoms with van der Waals surface area (Å²) in [6.45, 7) is 0.467.